The van der Waals surface area contributed by atoms with Gasteiger partial charge in [0.05, 0.1) is 11.3 Å². The lowest BCUT2D eigenvalue weighted by molar-refractivity contribution is -0.111. The average molecular weight is 301 g/mol. The molecule has 1 heterocycles. The summed E-state index contributed by atoms with van der Waals surface area (Å²) in [4.78, 5) is 24.1. The number of nitrogens with one attached hydrogen (secondary N) is 1. The van der Waals surface area contributed by atoms with Crippen molar-refractivity contribution in [2.75, 3.05) is 5.32 Å². The van der Waals surface area contributed by atoms with Crippen molar-refractivity contribution in [3.8, 4) is 0 Å². The number of hydrogen-bond donors (Lipinski definition) is 2. The number of hydrogen-bond acceptors (Lipinski definition) is 3. The second-order valence-electron chi connectivity index (χ2n) is 4.64. The molecule has 0 aliphatic carbocycles. The molecular weight excluding hydrogens is 286 g/mol. The Balaban J connectivity index is 2.15. The summed E-state index contributed by atoms with van der Waals surface area (Å²) in [7, 11) is 0. The van der Waals surface area contributed by atoms with E-state index in [0.29, 0.717) is 5.69 Å². The molecule has 0 bridgehead atoms. The molecule has 0 spiro atoms. The van der Waals surface area contributed by atoms with Gasteiger partial charge in [-0.15, -0.1) is 11.3 Å². The smallest absolute Gasteiger partial charge is 0.337 e. The van der Waals surface area contributed by atoms with Crippen molar-refractivity contribution in [3.63, 3.8) is 0 Å². The topological polar surface area (TPSA) is 66.4 Å². The lowest BCUT2D eigenvalue weighted by atomic mass is 10.1. The fourth-order valence-electron chi connectivity index (χ4n) is 1.83. The van der Waals surface area contributed by atoms with E-state index in [0.717, 1.165) is 16.0 Å². The molecule has 1 amide bonds. The summed E-state index contributed by atoms with van der Waals surface area (Å²) in [5, 5.41) is 13.7. The van der Waals surface area contributed by atoms with Crippen LogP contribution in [-0.4, -0.2) is 17.0 Å². The van der Waals surface area contributed by atoms with Gasteiger partial charge in [-0.3, -0.25) is 4.79 Å². The molecule has 0 saturated heterocycles. The van der Waals surface area contributed by atoms with Crippen LogP contribution in [0.5, 0.6) is 0 Å². The number of rotatable bonds is 4. The number of aromatic carboxylic acids is 1. The normalized spacial score (nSPS) is 10.8. The van der Waals surface area contributed by atoms with Crippen LogP contribution in [0.2, 0.25) is 0 Å². The molecule has 2 N–H and O–H groups in total. The predicted molar refractivity (Wildman–Crippen MR) is 84.9 cm³/mol. The Bertz CT molecular complexity index is 716. The van der Waals surface area contributed by atoms with Crippen molar-refractivity contribution in [1.82, 2.24) is 0 Å². The van der Waals surface area contributed by atoms with Crippen LogP contribution in [0.15, 0.2) is 35.7 Å². The minimum absolute atomic E-state index is 0.0871. The Kier molecular flexibility index (Phi) is 4.55. The Hall–Kier alpha value is -2.40. The summed E-state index contributed by atoms with van der Waals surface area (Å²) in [5.74, 6) is -1.42. The van der Waals surface area contributed by atoms with Crippen molar-refractivity contribution in [3.05, 3.63) is 57.3 Å². The molecule has 0 saturated carbocycles. The summed E-state index contributed by atoms with van der Waals surface area (Å²) < 4.78 is 0. The number of anilines is 1. The molecule has 2 aromatic rings. The zero-order chi connectivity index (χ0) is 15.4. The van der Waals surface area contributed by atoms with Gasteiger partial charge in [-0.1, -0.05) is 11.6 Å². The Morgan fingerprint density at radius 3 is 2.62 bits per heavy atom. The van der Waals surface area contributed by atoms with E-state index in [4.69, 9.17) is 5.11 Å². The molecule has 1 aromatic carbocycles. The largest absolute Gasteiger partial charge is 0.478 e. The van der Waals surface area contributed by atoms with E-state index in [2.05, 4.69) is 5.32 Å². The maximum Gasteiger partial charge on any atom is 0.337 e. The second-order valence-corrected chi connectivity index (χ2v) is 5.59. The zero-order valence-corrected chi connectivity index (χ0v) is 12.5. The number of carboxylic acid groups (broad SMARTS) is 1. The van der Waals surface area contributed by atoms with E-state index in [1.165, 1.54) is 12.1 Å². The van der Waals surface area contributed by atoms with Gasteiger partial charge in [-0.05, 0) is 49.1 Å². The van der Waals surface area contributed by atoms with Gasteiger partial charge in [0.25, 0.3) is 0 Å². The highest BCUT2D eigenvalue weighted by Gasteiger charge is 2.11. The van der Waals surface area contributed by atoms with Crippen LogP contribution >= 0.6 is 11.3 Å². The van der Waals surface area contributed by atoms with Gasteiger partial charge in [0.2, 0.25) is 5.91 Å². The number of amides is 1. The standard InChI is InChI=1S/C16H15NO3S/c1-10-3-4-13(12(9-10)16(19)20)17-15(18)6-5-14-11(2)7-8-21-14/h3-9H,1-2H3,(H,17,18)(H,19,20)/b6-5+. The molecule has 0 radical (unpaired) electrons. The Morgan fingerprint density at radius 1 is 1.24 bits per heavy atom. The second kappa shape index (κ2) is 6.37. The first-order valence-electron chi connectivity index (χ1n) is 6.34. The number of aryl methyl sites for hydroxylation is 2. The summed E-state index contributed by atoms with van der Waals surface area (Å²) in [5.41, 5.74) is 2.32. The molecule has 5 heteroatoms. The number of carbonyl (C=O) groups excluding carboxylic acids is 1. The maximum absolute atomic E-state index is 11.9. The van der Waals surface area contributed by atoms with Gasteiger partial charge in [-0.25, -0.2) is 4.79 Å². The third-order valence-electron chi connectivity index (χ3n) is 2.95. The van der Waals surface area contributed by atoms with Crippen LogP contribution in [-0.2, 0) is 4.79 Å². The van der Waals surface area contributed by atoms with E-state index in [-0.39, 0.29) is 11.5 Å². The van der Waals surface area contributed by atoms with Crippen LogP contribution in [0.4, 0.5) is 5.69 Å². The van der Waals surface area contributed by atoms with Crippen molar-refractivity contribution in [2.45, 2.75) is 13.8 Å². The molecule has 0 unspecified atom stereocenters. The van der Waals surface area contributed by atoms with E-state index in [9.17, 15) is 9.59 Å². The predicted octanol–water partition coefficient (Wildman–Crippen LogP) is 3.72. The minimum Gasteiger partial charge on any atom is -0.478 e. The molecule has 108 valence electrons. The quantitative estimate of drug-likeness (QED) is 0.846. The Morgan fingerprint density at radius 2 is 2.00 bits per heavy atom. The lowest BCUT2D eigenvalue weighted by Crippen LogP contribution is -2.12. The van der Waals surface area contributed by atoms with E-state index in [1.807, 2.05) is 18.4 Å². The molecule has 1 aromatic heterocycles. The molecule has 0 fully saturated rings. The molecule has 0 aliphatic rings. The van der Waals surface area contributed by atoms with Crippen LogP contribution in [0.25, 0.3) is 6.08 Å². The first-order chi connectivity index (χ1) is 9.97. The number of carbonyl (C=O) groups is 2. The fourth-order valence-corrected chi connectivity index (χ4v) is 2.64. The number of carboxylic acids is 1. The first kappa shape index (κ1) is 15.0. The molecule has 4 nitrogen and oxygen atoms in total. The number of thiophene rings is 1. The van der Waals surface area contributed by atoms with E-state index >= 15 is 0 Å². The lowest BCUT2D eigenvalue weighted by Gasteiger charge is -2.07. The molecular formula is C16H15NO3S. The van der Waals surface area contributed by atoms with Crippen molar-refractivity contribution < 1.29 is 14.7 Å². The van der Waals surface area contributed by atoms with Crippen LogP contribution in [0.1, 0.15) is 26.4 Å². The first-order valence-corrected chi connectivity index (χ1v) is 7.22. The highest BCUT2D eigenvalue weighted by atomic mass is 32.1. The SMILES string of the molecule is Cc1ccc(NC(=O)/C=C/c2sccc2C)c(C(=O)O)c1. The fraction of sp³-hybridized carbons (Fsp3) is 0.125. The summed E-state index contributed by atoms with van der Waals surface area (Å²) in [6.45, 7) is 3.77. The van der Waals surface area contributed by atoms with E-state index in [1.54, 1.807) is 36.5 Å². The van der Waals surface area contributed by atoms with Crippen LogP contribution in [0, 0.1) is 13.8 Å². The van der Waals surface area contributed by atoms with Crippen molar-refractivity contribution in [1.29, 1.82) is 0 Å². The third-order valence-corrected chi connectivity index (χ3v) is 3.94. The molecule has 0 aliphatic heterocycles. The number of benzene rings is 1. The highest BCUT2D eigenvalue weighted by molar-refractivity contribution is 7.11. The molecule has 0 atom stereocenters. The van der Waals surface area contributed by atoms with Gasteiger partial charge in [-0.2, -0.15) is 0 Å². The van der Waals surface area contributed by atoms with Crippen LogP contribution < -0.4 is 5.32 Å². The van der Waals surface area contributed by atoms with E-state index < -0.39 is 5.97 Å². The maximum atomic E-state index is 11.9. The van der Waals surface area contributed by atoms with Gasteiger partial charge in [0, 0.05) is 11.0 Å². The van der Waals surface area contributed by atoms with Gasteiger partial charge < -0.3 is 10.4 Å². The minimum atomic E-state index is -1.06. The van der Waals surface area contributed by atoms with Gasteiger partial charge in [0.1, 0.15) is 0 Å². The highest BCUT2D eigenvalue weighted by Crippen LogP contribution is 2.19. The van der Waals surface area contributed by atoms with Crippen molar-refractivity contribution >= 4 is 35.0 Å². The van der Waals surface area contributed by atoms with Crippen LogP contribution in [0.3, 0.4) is 0 Å². The third kappa shape index (κ3) is 3.79. The summed E-state index contributed by atoms with van der Waals surface area (Å²) in [6, 6.07) is 6.87. The molecule has 21 heavy (non-hydrogen) atoms. The zero-order valence-electron chi connectivity index (χ0n) is 11.7. The summed E-state index contributed by atoms with van der Waals surface area (Å²) >= 11 is 1.55. The summed E-state index contributed by atoms with van der Waals surface area (Å²) in [6.07, 6.45) is 3.13. The monoisotopic (exact) mass is 301 g/mol. The average Bonchev–Trinajstić information content (AvgIpc) is 2.84. The molecule has 2 rings (SSSR count). The van der Waals surface area contributed by atoms with Gasteiger partial charge >= 0.3 is 5.97 Å². The van der Waals surface area contributed by atoms with Crippen molar-refractivity contribution in [2.24, 2.45) is 0 Å². The Labute approximate surface area is 126 Å². The van der Waals surface area contributed by atoms with Gasteiger partial charge in [0.15, 0.2) is 0 Å².